The standard InChI is InChI=1S/C19H20FN3O4/c1-27-19(24)18(14-5-3-2-4-6-14)22-11-9-21(10-12-22)17-8-7-15(23(25)26)13-16(17)20/h2-8,13,18H,9-12H2,1H3. The van der Waals surface area contributed by atoms with E-state index in [9.17, 15) is 19.3 Å². The number of hydrogen-bond donors (Lipinski definition) is 0. The molecule has 2 aromatic rings. The second kappa shape index (κ2) is 8.13. The van der Waals surface area contributed by atoms with Gasteiger partial charge in [0.1, 0.15) is 6.04 Å². The number of nitro groups is 1. The van der Waals surface area contributed by atoms with Crippen LogP contribution in [0.4, 0.5) is 15.8 Å². The maximum absolute atomic E-state index is 14.3. The molecule has 1 unspecified atom stereocenters. The van der Waals surface area contributed by atoms with Crippen molar-refractivity contribution < 1.29 is 18.8 Å². The summed E-state index contributed by atoms with van der Waals surface area (Å²) >= 11 is 0. The quantitative estimate of drug-likeness (QED) is 0.456. The van der Waals surface area contributed by atoms with E-state index in [4.69, 9.17) is 4.74 Å². The van der Waals surface area contributed by atoms with Gasteiger partial charge in [-0.1, -0.05) is 30.3 Å². The first-order chi connectivity index (χ1) is 13.0. The second-order valence-electron chi connectivity index (χ2n) is 6.25. The van der Waals surface area contributed by atoms with Crippen LogP contribution in [0.25, 0.3) is 0 Å². The summed E-state index contributed by atoms with van der Waals surface area (Å²) in [4.78, 5) is 26.3. The minimum Gasteiger partial charge on any atom is -0.468 e. The first-order valence-corrected chi connectivity index (χ1v) is 8.57. The van der Waals surface area contributed by atoms with Crippen molar-refractivity contribution in [1.82, 2.24) is 4.90 Å². The summed E-state index contributed by atoms with van der Waals surface area (Å²) in [6, 6.07) is 12.5. The Bertz CT molecular complexity index is 823. The molecule has 1 aliphatic rings. The molecule has 0 saturated carbocycles. The van der Waals surface area contributed by atoms with Gasteiger partial charge in [0.15, 0.2) is 5.82 Å². The van der Waals surface area contributed by atoms with E-state index in [1.807, 2.05) is 40.1 Å². The van der Waals surface area contributed by atoms with Gasteiger partial charge in [-0.25, -0.2) is 9.18 Å². The number of carbonyl (C=O) groups excluding carboxylic acids is 1. The smallest absolute Gasteiger partial charge is 0.327 e. The van der Waals surface area contributed by atoms with Crippen molar-refractivity contribution in [2.24, 2.45) is 0 Å². The molecule has 0 amide bonds. The first kappa shape index (κ1) is 18.8. The van der Waals surface area contributed by atoms with E-state index >= 15 is 0 Å². The van der Waals surface area contributed by atoms with Crippen LogP contribution in [-0.2, 0) is 9.53 Å². The Labute approximate surface area is 156 Å². The molecule has 1 aliphatic heterocycles. The topological polar surface area (TPSA) is 75.9 Å². The molecule has 0 N–H and O–H groups in total. The number of hydrogen-bond acceptors (Lipinski definition) is 6. The van der Waals surface area contributed by atoms with Crippen molar-refractivity contribution in [3.05, 3.63) is 70.0 Å². The van der Waals surface area contributed by atoms with Gasteiger partial charge in [0, 0.05) is 32.2 Å². The van der Waals surface area contributed by atoms with Crippen LogP contribution in [0.2, 0.25) is 0 Å². The summed E-state index contributed by atoms with van der Waals surface area (Å²) in [5, 5.41) is 10.8. The molecule has 1 atom stereocenters. The molecule has 0 bridgehead atoms. The second-order valence-corrected chi connectivity index (χ2v) is 6.25. The van der Waals surface area contributed by atoms with Crippen LogP contribution in [0.3, 0.4) is 0 Å². The normalized spacial score (nSPS) is 16.0. The molecule has 1 heterocycles. The third kappa shape index (κ3) is 4.06. The van der Waals surface area contributed by atoms with Gasteiger partial charge in [0.2, 0.25) is 0 Å². The van der Waals surface area contributed by atoms with Crippen LogP contribution in [0.5, 0.6) is 0 Å². The number of ether oxygens (including phenoxy) is 1. The zero-order valence-corrected chi connectivity index (χ0v) is 14.9. The molecule has 7 nitrogen and oxygen atoms in total. The largest absolute Gasteiger partial charge is 0.468 e. The van der Waals surface area contributed by atoms with Crippen molar-refractivity contribution in [3.63, 3.8) is 0 Å². The fraction of sp³-hybridized carbons (Fsp3) is 0.316. The molecule has 0 spiro atoms. The van der Waals surface area contributed by atoms with Crippen molar-refractivity contribution in [2.45, 2.75) is 6.04 Å². The third-order valence-electron chi connectivity index (χ3n) is 4.70. The zero-order chi connectivity index (χ0) is 19.4. The third-order valence-corrected chi connectivity index (χ3v) is 4.70. The number of rotatable bonds is 5. The summed E-state index contributed by atoms with van der Waals surface area (Å²) in [5.41, 5.74) is 0.901. The van der Waals surface area contributed by atoms with Gasteiger partial charge < -0.3 is 9.64 Å². The Hall–Kier alpha value is -3.00. The summed E-state index contributed by atoms with van der Waals surface area (Å²) in [5.74, 6) is -0.957. The maximum atomic E-state index is 14.3. The molecule has 1 saturated heterocycles. The summed E-state index contributed by atoms with van der Waals surface area (Å²) in [7, 11) is 1.36. The number of piperazine rings is 1. The van der Waals surface area contributed by atoms with Gasteiger partial charge >= 0.3 is 5.97 Å². The maximum Gasteiger partial charge on any atom is 0.327 e. The molecule has 0 aliphatic carbocycles. The molecule has 0 aromatic heterocycles. The van der Waals surface area contributed by atoms with Crippen LogP contribution in [0, 0.1) is 15.9 Å². The molecular formula is C19H20FN3O4. The SMILES string of the molecule is COC(=O)C(c1ccccc1)N1CCN(c2ccc([N+](=O)[O-])cc2F)CC1. The van der Waals surface area contributed by atoms with Crippen LogP contribution in [0.1, 0.15) is 11.6 Å². The fourth-order valence-corrected chi connectivity index (χ4v) is 3.33. The van der Waals surface area contributed by atoms with E-state index in [2.05, 4.69) is 0 Å². The van der Waals surface area contributed by atoms with Crippen LogP contribution < -0.4 is 4.90 Å². The highest BCUT2D eigenvalue weighted by molar-refractivity contribution is 5.77. The average Bonchev–Trinajstić information content (AvgIpc) is 2.69. The number of esters is 1. The predicted molar refractivity (Wildman–Crippen MR) is 98.0 cm³/mol. The summed E-state index contributed by atoms with van der Waals surface area (Å²) in [6.45, 7) is 2.06. The lowest BCUT2D eigenvalue weighted by Crippen LogP contribution is -2.49. The van der Waals surface area contributed by atoms with Gasteiger partial charge in [0.05, 0.1) is 23.8 Å². The van der Waals surface area contributed by atoms with Gasteiger partial charge in [-0.3, -0.25) is 15.0 Å². The molecular weight excluding hydrogens is 353 g/mol. The number of carbonyl (C=O) groups is 1. The molecule has 1 fully saturated rings. The minimum absolute atomic E-state index is 0.273. The number of halogens is 1. The average molecular weight is 373 g/mol. The number of anilines is 1. The number of methoxy groups -OCH3 is 1. The highest BCUT2D eigenvalue weighted by Gasteiger charge is 2.31. The lowest BCUT2D eigenvalue weighted by Gasteiger charge is -2.39. The molecule has 0 radical (unpaired) electrons. The van der Waals surface area contributed by atoms with E-state index in [-0.39, 0.29) is 11.7 Å². The van der Waals surface area contributed by atoms with Gasteiger partial charge in [-0.05, 0) is 11.6 Å². The highest BCUT2D eigenvalue weighted by atomic mass is 19.1. The Kier molecular flexibility index (Phi) is 5.66. The molecule has 8 heteroatoms. The van der Waals surface area contributed by atoms with Crippen molar-refractivity contribution in [2.75, 3.05) is 38.2 Å². The van der Waals surface area contributed by atoms with Gasteiger partial charge in [0.25, 0.3) is 5.69 Å². The van der Waals surface area contributed by atoms with Crippen molar-refractivity contribution in [3.8, 4) is 0 Å². The van der Waals surface area contributed by atoms with Crippen molar-refractivity contribution >= 4 is 17.3 Å². The van der Waals surface area contributed by atoms with E-state index in [1.54, 1.807) is 0 Å². The van der Waals surface area contributed by atoms with Crippen molar-refractivity contribution in [1.29, 1.82) is 0 Å². The van der Waals surface area contributed by atoms with E-state index in [1.165, 1.54) is 19.2 Å². The molecule has 3 rings (SSSR count). The lowest BCUT2D eigenvalue weighted by atomic mass is 10.0. The zero-order valence-electron chi connectivity index (χ0n) is 14.9. The Balaban J connectivity index is 1.74. The van der Waals surface area contributed by atoms with E-state index in [0.717, 1.165) is 11.6 Å². The van der Waals surface area contributed by atoms with E-state index in [0.29, 0.717) is 31.9 Å². The Morgan fingerprint density at radius 1 is 1.15 bits per heavy atom. The van der Waals surface area contributed by atoms with E-state index < -0.39 is 16.8 Å². The van der Waals surface area contributed by atoms with Crippen LogP contribution in [-0.4, -0.2) is 49.1 Å². The lowest BCUT2D eigenvalue weighted by molar-refractivity contribution is -0.385. The van der Waals surface area contributed by atoms with Gasteiger partial charge in [-0.2, -0.15) is 0 Å². The van der Waals surface area contributed by atoms with Gasteiger partial charge in [-0.15, -0.1) is 0 Å². The number of non-ortho nitro benzene ring substituents is 1. The number of nitrogens with zero attached hydrogens (tertiary/aromatic N) is 3. The van der Waals surface area contributed by atoms with Crippen LogP contribution >= 0.6 is 0 Å². The molecule has 2 aromatic carbocycles. The first-order valence-electron chi connectivity index (χ1n) is 8.57. The summed E-state index contributed by atoms with van der Waals surface area (Å²) < 4.78 is 19.2. The molecule has 27 heavy (non-hydrogen) atoms. The van der Waals surface area contributed by atoms with Crippen LogP contribution in [0.15, 0.2) is 48.5 Å². The number of benzene rings is 2. The monoisotopic (exact) mass is 373 g/mol. The fourth-order valence-electron chi connectivity index (χ4n) is 3.33. The Morgan fingerprint density at radius 2 is 1.81 bits per heavy atom. The number of nitro benzene ring substituents is 1. The summed E-state index contributed by atoms with van der Waals surface area (Å²) in [6.07, 6.45) is 0. The molecule has 142 valence electrons. The highest BCUT2D eigenvalue weighted by Crippen LogP contribution is 2.28. The predicted octanol–water partition coefficient (Wildman–Crippen LogP) is 2.77. The minimum atomic E-state index is -0.620. The Morgan fingerprint density at radius 3 is 2.37 bits per heavy atom.